The molecule has 24 heavy (non-hydrogen) atoms. The van der Waals surface area contributed by atoms with Crippen molar-refractivity contribution in [3.8, 4) is 0 Å². The first kappa shape index (κ1) is 16.3. The van der Waals surface area contributed by atoms with E-state index in [1.807, 2.05) is 36.4 Å². The topological polar surface area (TPSA) is 84.1 Å². The first-order valence-electron chi connectivity index (χ1n) is 7.67. The molecule has 0 saturated heterocycles. The first-order chi connectivity index (χ1) is 11.7. The molecule has 0 aliphatic rings. The average Bonchev–Trinajstić information content (AvgIpc) is 2.61. The summed E-state index contributed by atoms with van der Waals surface area (Å²) in [5.74, 6) is 1.09. The molecule has 0 aliphatic carbocycles. The summed E-state index contributed by atoms with van der Waals surface area (Å²) in [6, 6.07) is 17.4. The first-order valence-corrected chi connectivity index (χ1v) is 8.65. The molecule has 1 heterocycles. The van der Waals surface area contributed by atoms with E-state index in [4.69, 9.17) is 5.73 Å². The van der Waals surface area contributed by atoms with E-state index in [1.165, 1.54) is 17.3 Å². The zero-order chi connectivity index (χ0) is 16.8. The van der Waals surface area contributed by atoms with E-state index in [2.05, 4.69) is 27.1 Å². The SMILES string of the molecule is NC(=NCCc1ccccc1)SCc1nc2ccccc2c(=O)[nH]1. The van der Waals surface area contributed by atoms with Gasteiger partial charge in [-0.2, -0.15) is 0 Å². The van der Waals surface area contributed by atoms with E-state index in [9.17, 15) is 4.79 Å². The molecule has 0 amide bonds. The van der Waals surface area contributed by atoms with E-state index in [0.717, 1.165) is 6.42 Å². The van der Waals surface area contributed by atoms with Gasteiger partial charge in [-0.15, -0.1) is 0 Å². The highest BCUT2D eigenvalue weighted by atomic mass is 32.2. The van der Waals surface area contributed by atoms with Crippen LogP contribution in [0.3, 0.4) is 0 Å². The lowest BCUT2D eigenvalue weighted by Gasteiger charge is -2.03. The van der Waals surface area contributed by atoms with E-state index < -0.39 is 0 Å². The Morgan fingerprint density at radius 1 is 1.12 bits per heavy atom. The Kier molecular flexibility index (Phi) is 5.28. The molecule has 0 aliphatic heterocycles. The highest BCUT2D eigenvalue weighted by Crippen LogP contribution is 2.11. The van der Waals surface area contributed by atoms with Gasteiger partial charge in [0.05, 0.1) is 16.7 Å². The zero-order valence-corrected chi connectivity index (χ0v) is 13.9. The maximum atomic E-state index is 12.0. The Morgan fingerprint density at radius 2 is 1.88 bits per heavy atom. The number of aliphatic imine (C=N–C) groups is 1. The van der Waals surface area contributed by atoms with Gasteiger partial charge in [-0.3, -0.25) is 9.79 Å². The van der Waals surface area contributed by atoms with Crippen molar-refractivity contribution in [2.75, 3.05) is 6.54 Å². The lowest BCUT2D eigenvalue weighted by Crippen LogP contribution is -2.13. The summed E-state index contributed by atoms with van der Waals surface area (Å²) in [6.45, 7) is 0.643. The molecule has 6 heteroatoms. The fourth-order valence-electron chi connectivity index (χ4n) is 2.33. The van der Waals surface area contributed by atoms with Gasteiger partial charge in [0, 0.05) is 6.54 Å². The van der Waals surface area contributed by atoms with Crippen LogP contribution in [0.4, 0.5) is 0 Å². The molecule has 0 bridgehead atoms. The number of hydrogen-bond acceptors (Lipinski definition) is 4. The minimum absolute atomic E-state index is 0.129. The van der Waals surface area contributed by atoms with E-state index in [1.54, 1.807) is 6.07 Å². The Labute approximate surface area is 144 Å². The van der Waals surface area contributed by atoms with E-state index in [0.29, 0.717) is 34.2 Å². The largest absolute Gasteiger partial charge is 0.379 e. The third-order valence-electron chi connectivity index (χ3n) is 3.53. The molecule has 0 saturated carbocycles. The molecule has 2 aromatic carbocycles. The standard InChI is InChI=1S/C18H18N4OS/c19-18(20-11-10-13-6-2-1-3-7-13)24-12-16-21-15-9-5-4-8-14(15)17(23)22-16/h1-9H,10-12H2,(H2,19,20)(H,21,22,23). The van der Waals surface area contributed by atoms with Crippen LogP contribution < -0.4 is 11.3 Å². The second-order valence-corrected chi connectivity index (χ2v) is 6.27. The molecule has 3 rings (SSSR count). The van der Waals surface area contributed by atoms with Crippen LogP contribution in [-0.2, 0) is 12.2 Å². The number of nitrogens with zero attached hydrogens (tertiary/aromatic N) is 2. The number of fused-ring (bicyclic) bond motifs is 1. The summed E-state index contributed by atoms with van der Waals surface area (Å²) >= 11 is 1.38. The molecule has 3 N–H and O–H groups in total. The van der Waals surface area contributed by atoms with Crippen LogP contribution in [0.2, 0.25) is 0 Å². The van der Waals surface area contributed by atoms with Gasteiger partial charge >= 0.3 is 0 Å². The fourth-order valence-corrected chi connectivity index (χ4v) is 2.93. The summed E-state index contributed by atoms with van der Waals surface area (Å²) in [5, 5.41) is 1.09. The van der Waals surface area contributed by atoms with Gasteiger partial charge < -0.3 is 10.7 Å². The van der Waals surface area contributed by atoms with Crippen LogP contribution in [-0.4, -0.2) is 21.7 Å². The summed E-state index contributed by atoms with van der Waals surface area (Å²) in [4.78, 5) is 23.6. The predicted octanol–water partition coefficient (Wildman–Crippen LogP) is 2.71. The summed E-state index contributed by atoms with van der Waals surface area (Å²) in [6.07, 6.45) is 0.854. The fraction of sp³-hybridized carbons (Fsp3) is 0.167. The number of benzene rings is 2. The van der Waals surface area contributed by atoms with Crippen molar-refractivity contribution in [2.45, 2.75) is 12.2 Å². The molecule has 0 radical (unpaired) electrons. The molecule has 0 atom stereocenters. The highest BCUT2D eigenvalue weighted by molar-refractivity contribution is 8.13. The molecular weight excluding hydrogens is 320 g/mol. The van der Waals surface area contributed by atoms with Crippen molar-refractivity contribution in [3.05, 3.63) is 76.3 Å². The number of para-hydroxylation sites is 1. The van der Waals surface area contributed by atoms with E-state index >= 15 is 0 Å². The van der Waals surface area contributed by atoms with Crippen LogP contribution in [0.25, 0.3) is 10.9 Å². The summed E-state index contributed by atoms with van der Waals surface area (Å²) in [7, 11) is 0. The van der Waals surface area contributed by atoms with Crippen molar-refractivity contribution in [3.63, 3.8) is 0 Å². The molecule has 122 valence electrons. The quantitative estimate of drug-likeness (QED) is 0.553. The van der Waals surface area contributed by atoms with Crippen molar-refractivity contribution in [1.29, 1.82) is 0 Å². The Hall–Kier alpha value is -2.60. The maximum absolute atomic E-state index is 12.0. The van der Waals surface area contributed by atoms with Gasteiger partial charge in [0.15, 0.2) is 5.17 Å². The monoisotopic (exact) mass is 338 g/mol. The number of hydrogen-bond donors (Lipinski definition) is 2. The predicted molar refractivity (Wildman–Crippen MR) is 100 cm³/mol. The van der Waals surface area contributed by atoms with E-state index in [-0.39, 0.29) is 5.56 Å². The van der Waals surface area contributed by atoms with Crippen molar-refractivity contribution >= 4 is 27.8 Å². The third kappa shape index (κ3) is 4.23. The molecular formula is C18H18N4OS. The number of aromatic amines is 1. The van der Waals surface area contributed by atoms with Crippen LogP contribution in [0, 0.1) is 0 Å². The number of thioether (sulfide) groups is 1. The number of rotatable bonds is 5. The zero-order valence-electron chi connectivity index (χ0n) is 13.1. The van der Waals surface area contributed by atoms with Crippen molar-refractivity contribution in [1.82, 2.24) is 9.97 Å². The molecule has 0 unspecified atom stereocenters. The lowest BCUT2D eigenvalue weighted by molar-refractivity contribution is 0.969. The average molecular weight is 338 g/mol. The number of amidine groups is 1. The second kappa shape index (κ2) is 7.79. The smallest absolute Gasteiger partial charge is 0.258 e. The van der Waals surface area contributed by atoms with Gasteiger partial charge in [-0.05, 0) is 24.1 Å². The second-order valence-electron chi connectivity index (χ2n) is 5.27. The Balaban J connectivity index is 1.59. The number of H-pyrrole nitrogens is 1. The third-order valence-corrected chi connectivity index (χ3v) is 4.37. The van der Waals surface area contributed by atoms with Gasteiger partial charge in [0.25, 0.3) is 5.56 Å². The molecule has 3 aromatic rings. The minimum Gasteiger partial charge on any atom is -0.379 e. The van der Waals surface area contributed by atoms with Crippen LogP contribution in [0.5, 0.6) is 0 Å². The molecule has 0 fully saturated rings. The van der Waals surface area contributed by atoms with Crippen LogP contribution in [0.1, 0.15) is 11.4 Å². The highest BCUT2D eigenvalue weighted by Gasteiger charge is 2.04. The van der Waals surface area contributed by atoms with Gasteiger partial charge in [-0.25, -0.2) is 4.98 Å². The Morgan fingerprint density at radius 3 is 2.71 bits per heavy atom. The molecule has 0 spiro atoms. The lowest BCUT2D eigenvalue weighted by atomic mass is 10.2. The Bertz CT molecular complexity index is 906. The summed E-state index contributed by atoms with van der Waals surface area (Å²) < 4.78 is 0. The van der Waals surface area contributed by atoms with Gasteiger partial charge in [-0.1, -0.05) is 54.2 Å². The normalized spacial score (nSPS) is 11.8. The molecule has 5 nitrogen and oxygen atoms in total. The van der Waals surface area contributed by atoms with Crippen molar-refractivity contribution in [2.24, 2.45) is 10.7 Å². The number of nitrogens with one attached hydrogen (secondary N) is 1. The summed E-state index contributed by atoms with van der Waals surface area (Å²) in [5.41, 5.74) is 7.73. The number of nitrogens with two attached hydrogens (primary N) is 1. The van der Waals surface area contributed by atoms with Gasteiger partial charge in [0.1, 0.15) is 5.82 Å². The van der Waals surface area contributed by atoms with Crippen LogP contribution >= 0.6 is 11.8 Å². The molecule has 1 aromatic heterocycles. The number of aromatic nitrogens is 2. The van der Waals surface area contributed by atoms with Gasteiger partial charge in [0.2, 0.25) is 0 Å². The van der Waals surface area contributed by atoms with Crippen LogP contribution in [0.15, 0.2) is 64.4 Å². The maximum Gasteiger partial charge on any atom is 0.258 e. The minimum atomic E-state index is -0.129. The van der Waals surface area contributed by atoms with Crippen molar-refractivity contribution < 1.29 is 0 Å².